The molecule has 6 atom stereocenters. The van der Waals surface area contributed by atoms with Crippen molar-refractivity contribution in [3.8, 4) is 5.75 Å². The molecule has 1 aromatic heterocycles. The van der Waals surface area contributed by atoms with Crippen LogP contribution in [0.5, 0.6) is 5.75 Å². The number of fused-ring (bicyclic) bond motifs is 2. The van der Waals surface area contributed by atoms with Gasteiger partial charge in [0.15, 0.2) is 20.1 Å². The predicted octanol–water partition coefficient (Wildman–Crippen LogP) is 4.47. The maximum atomic E-state index is 14.9. The highest BCUT2D eigenvalue weighted by atomic mass is 28.4. The number of aromatic nitrogens is 3. The highest BCUT2D eigenvalue weighted by Crippen LogP contribution is 2.60. The van der Waals surface area contributed by atoms with Crippen LogP contribution in [0.25, 0.3) is 0 Å². The van der Waals surface area contributed by atoms with Crippen LogP contribution >= 0.6 is 0 Å². The van der Waals surface area contributed by atoms with Crippen LogP contribution in [0.3, 0.4) is 0 Å². The average molecular weight is 740 g/mol. The molecule has 53 heavy (non-hydrogen) atoms. The molecule has 278 valence electrons. The number of aryl methyl sites for hydroxylation is 1. The third-order valence-corrected chi connectivity index (χ3v) is 13.4. The van der Waals surface area contributed by atoms with E-state index in [2.05, 4.69) is 10.3 Å². The zero-order valence-electron chi connectivity index (χ0n) is 30.5. The van der Waals surface area contributed by atoms with Gasteiger partial charge in [0, 0.05) is 42.4 Å². The highest BCUT2D eigenvalue weighted by Gasteiger charge is 2.66. The molecular weight excluding hydrogens is 695 g/mol. The molecule has 0 saturated carbocycles. The van der Waals surface area contributed by atoms with E-state index in [0.29, 0.717) is 41.3 Å². The molecule has 2 fully saturated rings. The van der Waals surface area contributed by atoms with Crippen LogP contribution in [0.2, 0.25) is 18.6 Å². The molecule has 0 radical (unpaired) electrons. The second-order valence-electron chi connectivity index (χ2n) is 14.7. The van der Waals surface area contributed by atoms with Gasteiger partial charge in [0.05, 0.1) is 50.1 Å². The number of carbonyl (C=O) groups excluding carboxylic acids is 3. The van der Waals surface area contributed by atoms with Crippen LogP contribution in [-0.2, 0) is 42.5 Å². The number of rotatable bonds is 12. The number of methoxy groups -OCH3 is 1. The second kappa shape index (κ2) is 14.2. The van der Waals surface area contributed by atoms with Crippen LogP contribution in [0.4, 0.5) is 11.4 Å². The summed E-state index contributed by atoms with van der Waals surface area (Å²) in [6, 6.07) is 22.5. The number of benzene rings is 3. The molecule has 2 unspecified atom stereocenters. The van der Waals surface area contributed by atoms with Gasteiger partial charge in [-0.1, -0.05) is 54.6 Å². The van der Waals surface area contributed by atoms with Crippen LogP contribution in [-0.4, -0.2) is 77.0 Å². The Morgan fingerprint density at radius 1 is 1.09 bits per heavy atom. The Hall–Kier alpha value is -4.89. The molecule has 4 heterocycles. The first kappa shape index (κ1) is 36.5. The fraction of sp³-hybridized carbons (Fsp3) is 0.410. The number of β-lactam (4-membered cyclic amide) rings is 1. The minimum Gasteiger partial charge on any atom is -0.497 e. The highest BCUT2D eigenvalue weighted by molar-refractivity contribution is 6.71. The summed E-state index contributed by atoms with van der Waals surface area (Å²) >= 11 is 0. The average Bonchev–Trinajstić information content (AvgIpc) is 3.78. The number of ether oxygens (including phenoxy) is 3. The van der Waals surface area contributed by atoms with E-state index in [-0.39, 0.29) is 48.8 Å². The van der Waals surface area contributed by atoms with Gasteiger partial charge in [0.1, 0.15) is 5.75 Å². The van der Waals surface area contributed by atoms with Gasteiger partial charge < -0.3 is 29.0 Å². The Bertz CT molecular complexity index is 2000. The maximum Gasteiger partial charge on any atom is 0.304 e. The first-order valence-electron chi connectivity index (χ1n) is 17.9. The summed E-state index contributed by atoms with van der Waals surface area (Å²) in [7, 11) is -1.34. The summed E-state index contributed by atoms with van der Waals surface area (Å²) in [5.74, 6) is -0.902. The Labute approximate surface area is 309 Å². The molecular formula is C39H45N5O8Si. The van der Waals surface area contributed by atoms with Crippen molar-refractivity contribution in [2.75, 3.05) is 23.5 Å². The lowest BCUT2D eigenvalue weighted by atomic mass is 9.82. The normalized spacial score (nSPS) is 24.4. The summed E-state index contributed by atoms with van der Waals surface area (Å²) in [5, 5.41) is 18.9. The fourth-order valence-corrected chi connectivity index (χ4v) is 11.0. The van der Waals surface area contributed by atoms with Gasteiger partial charge in [0.2, 0.25) is 5.91 Å². The number of carbonyl (C=O) groups is 3. The Kier molecular flexibility index (Phi) is 9.74. The van der Waals surface area contributed by atoms with E-state index in [1.807, 2.05) is 86.9 Å². The summed E-state index contributed by atoms with van der Waals surface area (Å²) in [5.41, 5.74) is 2.77. The minimum atomic E-state index is -2.92. The fourth-order valence-electron chi connectivity index (χ4n) is 8.44. The van der Waals surface area contributed by atoms with Crippen molar-refractivity contribution in [2.24, 2.45) is 5.92 Å². The van der Waals surface area contributed by atoms with Gasteiger partial charge in [-0.05, 0) is 61.0 Å². The number of nitrogens with zero attached hydrogens (tertiary/aromatic N) is 5. The minimum absolute atomic E-state index is 0.110. The summed E-state index contributed by atoms with van der Waals surface area (Å²) in [6.07, 6.45) is 1.35. The van der Waals surface area contributed by atoms with Crippen LogP contribution in [0.1, 0.15) is 55.0 Å². The van der Waals surface area contributed by atoms with Gasteiger partial charge in [-0.15, -0.1) is 5.10 Å². The molecule has 0 bridgehead atoms. The Morgan fingerprint density at radius 2 is 1.83 bits per heavy atom. The number of anilines is 2. The molecule has 14 heteroatoms. The van der Waals surface area contributed by atoms with E-state index in [4.69, 9.17) is 14.2 Å². The maximum absolute atomic E-state index is 14.9. The zero-order chi connectivity index (χ0) is 37.7. The number of esters is 1. The lowest BCUT2D eigenvalue weighted by molar-refractivity contribution is -0.154. The molecule has 7 rings (SSSR count). The second-order valence-corrected chi connectivity index (χ2v) is 18.6. The molecule has 1 spiro atoms. The van der Waals surface area contributed by atoms with Gasteiger partial charge in [-0.3, -0.25) is 24.0 Å². The monoisotopic (exact) mass is 739 g/mol. The van der Waals surface area contributed by atoms with E-state index in [9.17, 15) is 24.3 Å². The van der Waals surface area contributed by atoms with Crippen molar-refractivity contribution >= 4 is 37.5 Å². The van der Waals surface area contributed by atoms with E-state index < -0.39 is 32.2 Å². The SMILES string of the molecule is COc1ccc2c(c1)[C@@]1(O[C@H](CCn3cc(C(CO)c4ccccc4)nn3)[C@@H]([Si](C)(C)O)[C@@H]1C)C(=O)N2Cc1ccc(N2C(=O)CC2OC(C)=O)cc1. The van der Waals surface area contributed by atoms with Crippen molar-refractivity contribution in [3.63, 3.8) is 0 Å². The molecule has 3 aliphatic rings. The van der Waals surface area contributed by atoms with Crippen molar-refractivity contribution in [3.05, 3.63) is 101 Å². The Morgan fingerprint density at radius 3 is 2.47 bits per heavy atom. The van der Waals surface area contributed by atoms with E-state index in [1.165, 1.54) is 11.8 Å². The number of aliphatic hydroxyl groups excluding tert-OH is 1. The molecule has 4 aromatic rings. The van der Waals surface area contributed by atoms with Crippen molar-refractivity contribution in [1.82, 2.24) is 15.0 Å². The molecule has 2 N–H and O–H groups in total. The summed E-state index contributed by atoms with van der Waals surface area (Å²) < 4.78 is 19.6. The summed E-state index contributed by atoms with van der Waals surface area (Å²) in [6.45, 7) is 7.66. The lowest BCUT2D eigenvalue weighted by Gasteiger charge is -2.39. The predicted molar refractivity (Wildman–Crippen MR) is 197 cm³/mol. The topological polar surface area (TPSA) is 157 Å². The zero-order valence-corrected chi connectivity index (χ0v) is 31.5. The van der Waals surface area contributed by atoms with Crippen LogP contribution < -0.4 is 14.5 Å². The quantitative estimate of drug-likeness (QED) is 0.121. The van der Waals surface area contributed by atoms with Crippen molar-refractivity contribution in [1.29, 1.82) is 0 Å². The lowest BCUT2D eigenvalue weighted by Crippen LogP contribution is -2.54. The molecule has 13 nitrogen and oxygen atoms in total. The van der Waals surface area contributed by atoms with Crippen LogP contribution in [0, 0.1) is 5.92 Å². The standard InChI is InChI=1S/C39H45N5O8Si/c1-24-37(53(4,5)49)34(17-18-42-22-32(40-41-42)30(23-45)27-9-7-6-8-10-27)52-39(24)31-19-29(50-3)15-16-33(31)43(38(39)48)21-26-11-13-28(14-12-26)44-35(47)20-36(44)51-25(2)46/h6-16,19,22,24,30,34,36-37,45,49H,17-18,20-21,23H2,1-5H3/t24-,30?,34+,36?,37-,39+/m0/s1. The molecule has 2 saturated heterocycles. The first-order chi connectivity index (χ1) is 25.3. The Balaban J connectivity index is 1.15. The van der Waals surface area contributed by atoms with Gasteiger partial charge in [-0.25, -0.2) is 0 Å². The van der Waals surface area contributed by atoms with Gasteiger partial charge in [0.25, 0.3) is 5.91 Å². The van der Waals surface area contributed by atoms with Crippen molar-refractivity contribution in [2.45, 2.75) is 82.3 Å². The number of hydrogen-bond acceptors (Lipinski definition) is 10. The summed E-state index contributed by atoms with van der Waals surface area (Å²) in [4.78, 5) is 53.7. The third-order valence-electron chi connectivity index (χ3n) is 10.9. The molecule has 0 aliphatic carbocycles. The van der Waals surface area contributed by atoms with E-state index in [1.54, 1.807) is 28.8 Å². The third kappa shape index (κ3) is 6.53. The smallest absolute Gasteiger partial charge is 0.304 e. The number of amides is 2. The number of aliphatic hydroxyl groups is 1. The molecule has 2 amide bonds. The van der Waals surface area contributed by atoms with Gasteiger partial charge >= 0.3 is 5.97 Å². The number of hydrogen-bond donors (Lipinski definition) is 2. The van der Waals surface area contributed by atoms with Gasteiger partial charge in [-0.2, -0.15) is 0 Å². The molecule has 3 aliphatic heterocycles. The van der Waals surface area contributed by atoms with Crippen molar-refractivity contribution < 1.29 is 38.5 Å². The first-order valence-corrected chi connectivity index (χ1v) is 20.9. The van der Waals surface area contributed by atoms with Crippen LogP contribution in [0.15, 0.2) is 79.0 Å². The van der Waals surface area contributed by atoms with E-state index >= 15 is 0 Å². The van der Waals surface area contributed by atoms with E-state index in [0.717, 1.165) is 11.1 Å². The molecule has 3 aromatic carbocycles. The largest absolute Gasteiger partial charge is 0.497 e.